The van der Waals surface area contributed by atoms with Gasteiger partial charge in [-0.3, -0.25) is 0 Å². The van der Waals surface area contributed by atoms with Crippen LogP contribution in [0.5, 0.6) is 11.6 Å². The van der Waals surface area contributed by atoms with Crippen molar-refractivity contribution in [2.24, 2.45) is 10.9 Å². The number of oxime groups is 1. The summed E-state index contributed by atoms with van der Waals surface area (Å²) in [5.41, 5.74) is 4.22. The molecule has 0 aliphatic carbocycles. The fourth-order valence-electron chi connectivity index (χ4n) is 1.53. The highest BCUT2D eigenvalue weighted by atomic mass is 19.4. The summed E-state index contributed by atoms with van der Waals surface area (Å²) in [4.78, 5) is 3.39. The number of ether oxygens (including phenoxy) is 1. The van der Waals surface area contributed by atoms with Crippen molar-refractivity contribution < 1.29 is 23.1 Å². The molecule has 0 atom stereocenters. The van der Waals surface area contributed by atoms with Crippen molar-refractivity contribution in [1.82, 2.24) is 4.98 Å². The van der Waals surface area contributed by atoms with Crippen molar-refractivity contribution in [3.8, 4) is 11.6 Å². The molecule has 0 amide bonds. The van der Waals surface area contributed by atoms with Crippen molar-refractivity contribution >= 4 is 5.84 Å². The van der Waals surface area contributed by atoms with Crippen molar-refractivity contribution in [2.45, 2.75) is 6.18 Å². The number of aromatic nitrogens is 1. The van der Waals surface area contributed by atoms with Gasteiger partial charge in [-0.25, -0.2) is 4.98 Å². The molecule has 0 spiro atoms. The summed E-state index contributed by atoms with van der Waals surface area (Å²) < 4.78 is 43.4. The van der Waals surface area contributed by atoms with Crippen LogP contribution in [-0.4, -0.2) is 16.0 Å². The zero-order valence-electron chi connectivity index (χ0n) is 10.5. The van der Waals surface area contributed by atoms with E-state index in [0.29, 0.717) is 0 Å². The highest BCUT2D eigenvalue weighted by molar-refractivity contribution is 5.99. The van der Waals surface area contributed by atoms with Gasteiger partial charge >= 0.3 is 6.18 Å². The Balaban J connectivity index is 2.48. The summed E-state index contributed by atoms with van der Waals surface area (Å²) in [7, 11) is 0. The second-order valence-electron chi connectivity index (χ2n) is 3.95. The SMILES string of the molecule is NC(=NO)c1ccc(C(F)(F)F)nc1Oc1ccccc1. The maximum Gasteiger partial charge on any atom is 0.433 e. The Hall–Kier alpha value is -2.77. The molecule has 0 aliphatic rings. The maximum atomic E-state index is 12.7. The van der Waals surface area contributed by atoms with E-state index in [0.717, 1.165) is 12.1 Å². The average Bonchev–Trinajstić information content (AvgIpc) is 2.46. The molecule has 21 heavy (non-hydrogen) atoms. The molecule has 3 N–H and O–H groups in total. The summed E-state index contributed by atoms with van der Waals surface area (Å²) in [6.07, 6.45) is -4.63. The van der Waals surface area contributed by atoms with Gasteiger partial charge in [0.1, 0.15) is 11.4 Å². The first-order valence-corrected chi connectivity index (χ1v) is 5.71. The second-order valence-corrected chi connectivity index (χ2v) is 3.95. The van der Waals surface area contributed by atoms with Crippen LogP contribution in [-0.2, 0) is 6.18 Å². The monoisotopic (exact) mass is 297 g/mol. The summed E-state index contributed by atoms with van der Waals surface area (Å²) in [6.45, 7) is 0. The Morgan fingerprint density at radius 3 is 2.38 bits per heavy atom. The van der Waals surface area contributed by atoms with Gasteiger partial charge in [-0.2, -0.15) is 13.2 Å². The van der Waals surface area contributed by atoms with E-state index in [-0.39, 0.29) is 11.3 Å². The molecule has 2 aromatic rings. The second kappa shape index (κ2) is 5.70. The molecule has 0 aliphatic heterocycles. The van der Waals surface area contributed by atoms with Gasteiger partial charge in [0.05, 0.1) is 5.56 Å². The van der Waals surface area contributed by atoms with Gasteiger partial charge in [0, 0.05) is 0 Å². The number of nitrogens with two attached hydrogens (primary N) is 1. The summed E-state index contributed by atoms with van der Waals surface area (Å²) in [6, 6.07) is 9.85. The number of para-hydroxylation sites is 1. The first kappa shape index (κ1) is 14.6. The zero-order valence-corrected chi connectivity index (χ0v) is 10.5. The molecule has 0 saturated carbocycles. The summed E-state index contributed by atoms with van der Waals surface area (Å²) >= 11 is 0. The maximum absolute atomic E-state index is 12.7. The van der Waals surface area contributed by atoms with Gasteiger partial charge in [-0.05, 0) is 24.3 Å². The lowest BCUT2D eigenvalue weighted by atomic mass is 10.2. The number of alkyl halides is 3. The van der Waals surface area contributed by atoms with Crippen LogP contribution in [0.15, 0.2) is 47.6 Å². The van der Waals surface area contributed by atoms with Crippen molar-refractivity contribution in [3.63, 3.8) is 0 Å². The molecule has 0 saturated heterocycles. The molecular formula is C13H10F3N3O2. The van der Waals surface area contributed by atoms with Crippen LogP contribution in [0.4, 0.5) is 13.2 Å². The van der Waals surface area contributed by atoms with Gasteiger partial charge in [-0.1, -0.05) is 23.4 Å². The molecule has 1 aromatic heterocycles. The quantitative estimate of drug-likeness (QED) is 0.395. The first-order chi connectivity index (χ1) is 9.91. The van der Waals surface area contributed by atoms with E-state index in [1.807, 2.05) is 0 Å². The largest absolute Gasteiger partial charge is 0.438 e. The van der Waals surface area contributed by atoms with Crippen molar-refractivity contribution in [3.05, 3.63) is 53.7 Å². The number of rotatable bonds is 3. The third kappa shape index (κ3) is 3.41. The van der Waals surface area contributed by atoms with E-state index in [4.69, 9.17) is 15.7 Å². The molecule has 0 unspecified atom stereocenters. The minimum atomic E-state index is -4.63. The minimum Gasteiger partial charge on any atom is -0.438 e. The van der Waals surface area contributed by atoms with E-state index in [2.05, 4.69) is 10.1 Å². The van der Waals surface area contributed by atoms with Crippen LogP contribution < -0.4 is 10.5 Å². The fraction of sp³-hybridized carbons (Fsp3) is 0.0769. The summed E-state index contributed by atoms with van der Waals surface area (Å²) in [5.74, 6) is -0.523. The normalized spacial score (nSPS) is 12.2. The van der Waals surface area contributed by atoms with E-state index in [1.54, 1.807) is 18.2 Å². The Morgan fingerprint density at radius 1 is 1.14 bits per heavy atom. The molecule has 1 aromatic carbocycles. The third-order valence-corrected chi connectivity index (χ3v) is 2.49. The number of halogens is 3. The Bertz CT molecular complexity index is 657. The zero-order chi connectivity index (χ0) is 15.5. The number of hydrogen-bond donors (Lipinski definition) is 2. The predicted molar refractivity (Wildman–Crippen MR) is 68.3 cm³/mol. The Kier molecular flexibility index (Phi) is 3.97. The van der Waals surface area contributed by atoms with Crippen LogP contribution in [0.1, 0.15) is 11.3 Å². The van der Waals surface area contributed by atoms with Crippen LogP contribution in [0, 0.1) is 0 Å². The molecule has 1 heterocycles. The van der Waals surface area contributed by atoms with Crippen molar-refractivity contribution in [1.29, 1.82) is 0 Å². The predicted octanol–water partition coefficient (Wildman–Crippen LogP) is 2.99. The van der Waals surface area contributed by atoms with Crippen LogP contribution in [0.2, 0.25) is 0 Å². The van der Waals surface area contributed by atoms with E-state index in [9.17, 15) is 13.2 Å². The fourth-order valence-corrected chi connectivity index (χ4v) is 1.53. The number of pyridine rings is 1. The lowest BCUT2D eigenvalue weighted by molar-refractivity contribution is -0.141. The minimum absolute atomic E-state index is 0.0469. The molecule has 110 valence electrons. The van der Waals surface area contributed by atoms with Gasteiger partial charge < -0.3 is 15.7 Å². The van der Waals surface area contributed by atoms with Gasteiger partial charge in [-0.15, -0.1) is 0 Å². The Labute approximate surface area is 117 Å². The van der Waals surface area contributed by atoms with E-state index in [1.165, 1.54) is 12.1 Å². The number of benzene rings is 1. The number of amidine groups is 1. The topological polar surface area (TPSA) is 80.7 Å². The van der Waals surface area contributed by atoms with E-state index >= 15 is 0 Å². The third-order valence-electron chi connectivity index (χ3n) is 2.49. The number of hydrogen-bond acceptors (Lipinski definition) is 4. The van der Waals surface area contributed by atoms with Crippen molar-refractivity contribution in [2.75, 3.05) is 0 Å². The highest BCUT2D eigenvalue weighted by Gasteiger charge is 2.33. The molecule has 0 fully saturated rings. The molecule has 0 radical (unpaired) electrons. The highest BCUT2D eigenvalue weighted by Crippen LogP contribution is 2.31. The van der Waals surface area contributed by atoms with E-state index < -0.39 is 23.6 Å². The lowest BCUT2D eigenvalue weighted by Crippen LogP contribution is -2.17. The average molecular weight is 297 g/mol. The summed E-state index contributed by atoms with van der Waals surface area (Å²) in [5, 5.41) is 11.4. The molecule has 2 rings (SSSR count). The molecule has 5 nitrogen and oxygen atoms in total. The molecular weight excluding hydrogens is 287 g/mol. The Morgan fingerprint density at radius 2 is 1.81 bits per heavy atom. The lowest BCUT2D eigenvalue weighted by Gasteiger charge is -2.12. The van der Waals surface area contributed by atoms with Crippen LogP contribution in [0.25, 0.3) is 0 Å². The molecule has 0 bridgehead atoms. The van der Waals surface area contributed by atoms with Gasteiger partial charge in [0.2, 0.25) is 5.88 Å². The number of nitrogens with zero attached hydrogens (tertiary/aromatic N) is 2. The van der Waals surface area contributed by atoms with Crippen LogP contribution in [0.3, 0.4) is 0 Å². The van der Waals surface area contributed by atoms with Gasteiger partial charge in [0.25, 0.3) is 0 Å². The first-order valence-electron chi connectivity index (χ1n) is 5.71. The molecule has 8 heteroatoms. The van der Waals surface area contributed by atoms with Gasteiger partial charge in [0.15, 0.2) is 5.84 Å². The standard InChI is InChI=1S/C13H10F3N3O2/c14-13(15,16)10-7-6-9(11(17)19-20)12(18-10)21-8-4-2-1-3-5-8/h1-7,20H,(H2,17,19). The smallest absolute Gasteiger partial charge is 0.433 e. The van der Waals surface area contributed by atoms with Crippen LogP contribution >= 0.6 is 0 Å².